The molecule has 0 aliphatic carbocycles. The molecule has 1 aromatic rings. The van der Waals surface area contributed by atoms with Crippen LogP contribution in [0.25, 0.3) is 0 Å². The van der Waals surface area contributed by atoms with E-state index in [1.165, 1.54) is 5.56 Å². The average Bonchev–Trinajstić information content (AvgIpc) is 2.53. The fourth-order valence-electron chi connectivity index (χ4n) is 3.50. The van der Waals surface area contributed by atoms with Gasteiger partial charge in [-0.1, -0.05) is 44.2 Å². The van der Waals surface area contributed by atoms with Gasteiger partial charge in [0.05, 0.1) is 0 Å². The summed E-state index contributed by atoms with van der Waals surface area (Å²) in [4.78, 5) is 27.1. The van der Waals surface area contributed by atoms with Crippen molar-refractivity contribution >= 4 is 12.0 Å². The van der Waals surface area contributed by atoms with Gasteiger partial charge in [0.15, 0.2) is 0 Å². The third-order valence-corrected chi connectivity index (χ3v) is 4.63. The van der Waals surface area contributed by atoms with Crippen LogP contribution in [0, 0.1) is 5.92 Å². The molecule has 1 N–H and O–H groups in total. The number of benzene rings is 1. The molecule has 0 saturated carbocycles. The summed E-state index contributed by atoms with van der Waals surface area (Å²) >= 11 is 0. The highest BCUT2D eigenvalue weighted by molar-refractivity contribution is 5.87. The number of likely N-dealkylation sites (tertiary alicyclic amines) is 1. The van der Waals surface area contributed by atoms with E-state index >= 15 is 0 Å². The van der Waals surface area contributed by atoms with Gasteiger partial charge in [-0.3, -0.25) is 4.79 Å². The molecule has 2 rings (SSSR count). The molecular formula is C21H32N2O3. The Bertz CT molecular complexity index is 622. The highest BCUT2D eigenvalue weighted by Crippen LogP contribution is 2.33. The molecule has 1 saturated heterocycles. The first-order valence-corrected chi connectivity index (χ1v) is 9.43. The van der Waals surface area contributed by atoms with Crippen molar-refractivity contribution in [2.45, 2.75) is 71.6 Å². The van der Waals surface area contributed by atoms with Crippen LogP contribution >= 0.6 is 0 Å². The Balaban J connectivity index is 2.23. The maximum Gasteiger partial charge on any atom is 0.408 e. The van der Waals surface area contributed by atoms with E-state index in [0.717, 1.165) is 0 Å². The molecule has 2 amide bonds. The zero-order valence-corrected chi connectivity index (χ0v) is 16.8. The van der Waals surface area contributed by atoms with Gasteiger partial charge in [0.25, 0.3) is 0 Å². The van der Waals surface area contributed by atoms with Crippen LogP contribution in [0.1, 0.15) is 59.4 Å². The summed E-state index contributed by atoms with van der Waals surface area (Å²) < 4.78 is 5.35. The minimum atomic E-state index is -0.592. The molecule has 0 radical (unpaired) electrons. The Kier molecular flexibility index (Phi) is 6.32. The fraction of sp³-hybridized carbons (Fsp3) is 0.619. The quantitative estimate of drug-likeness (QED) is 0.885. The molecule has 0 bridgehead atoms. The van der Waals surface area contributed by atoms with Gasteiger partial charge in [0, 0.05) is 18.5 Å². The lowest BCUT2D eigenvalue weighted by molar-refractivity contribution is -0.140. The summed E-state index contributed by atoms with van der Waals surface area (Å²) in [6.45, 7) is 12.4. The smallest absolute Gasteiger partial charge is 0.408 e. The van der Waals surface area contributed by atoms with E-state index in [-0.39, 0.29) is 17.9 Å². The molecule has 0 unspecified atom stereocenters. The van der Waals surface area contributed by atoms with Crippen LogP contribution in [0.5, 0.6) is 0 Å². The Morgan fingerprint density at radius 2 is 1.88 bits per heavy atom. The number of alkyl carbamates (subject to hydrolysis) is 1. The highest BCUT2D eigenvalue weighted by atomic mass is 16.6. The van der Waals surface area contributed by atoms with Crippen molar-refractivity contribution in [1.82, 2.24) is 10.2 Å². The molecular weight excluding hydrogens is 328 g/mol. The van der Waals surface area contributed by atoms with Crippen molar-refractivity contribution in [3.05, 3.63) is 35.9 Å². The van der Waals surface area contributed by atoms with Gasteiger partial charge in [-0.05, 0) is 45.6 Å². The van der Waals surface area contributed by atoms with Gasteiger partial charge in [-0.15, -0.1) is 0 Å². The number of nitrogens with zero attached hydrogens (tertiary/aromatic N) is 1. The Hall–Kier alpha value is -2.04. The molecule has 1 heterocycles. The summed E-state index contributed by atoms with van der Waals surface area (Å²) in [5.41, 5.74) is 0.600. The Labute approximate surface area is 157 Å². The summed E-state index contributed by atoms with van der Waals surface area (Å²) in [5, 5.41) is 2.80. The SMILES string of the molecule is CC(C)CN1C(=O)[C@@H](NC(=O)OC(C)(C)C)C[C@@H](c2ccccc2)[C@H]1C. The number of hydrogen-bond acceptors (Lipinski definition) is 3. The number of piperidine rings is 1. The second-order valence-electron chi connectivity index (χ2n) is 8.58. The predicted octanol–water partition coefficient (Wildman–Crippen LogP) is 3.94. The van der Waals surface area contributed by atoms with Crippen LogP contribution in [0.15, 0.2) is 30.3 Å². The Morgan fingerprint density at radius 1 is 1.27 bits per heavy atom. The maximum atomic E-state index is 13.0. The van der Waals surface area contributed by atoms with Crippen LogP contribution in [-0.2, 0) is 9.53 Å². The van der Waals surface area contributed by atoms with Gasteiger partial charge in [0.2, 0.25) is 5.91 Å². The number of amides is 2. The zero-order valence-electron chi connectivity index (χ0n) is 16.8. The fourth-order valence-corrected chi connectivity index (χ4v) is 3.50. The van der Waals surface area contributed by atoms with E-state index in [2.05, 4.69) is 38.2 Å². The van der Waals surface area contributed by atoms with E-state index in [0.29, 0.717) is 18.9 Å². The average molecular weight is 360 g/mol. The number of hydrogen-bond donors (Lipinski definition) is 1. The maximum absolute atomic E-state index is 13.0. The van der Waals surface area contributed by atoms with Crippen molar-refractivity contribution in [2.75, 3.05) is 6.54 Å². The summed E-state index contributed by atoms with van der Waals surface area (Å²) in [7, 11) is 0. The molecule has 1 aliphatic rings. The second-order valence-corrected chi connectivity index (χ2v) is 8.58. The molecule has 26 heavy (non-hydrogen) atoms. The molecule has 5 heteroatoms. The van der Waals surface area contributed by atoms with E-state index in [1.54, 1.807) is 0 Å². The molecule has 1 aromatic carbocycles. The molecule has 1 fully saturated rings. The van der Waals surface area contributed by atoms with E-state index < -0.39 is 17.7 Å². The molecule has 144 valence electrons. The van der Waals surface area contributed by atoms with Crippen LogP contribution < -0.4 is 5.32 Å². The van der Waals surface area contributed by atoms with Crippen LogP contribution in [0.2, 0.25) is 0 Å². The number of nitrogens with one attached hydrogen (secondary N) is 1. The molecule has 0 aromatic heterocycles. The third kappa shape index (κ3) is 5.23. The normalized spacial score (nSPS) is 23.9. The van der Waals surface area contributed by atoms with Gasteiger partial charge >= 0.3 is 6.09 Å². The molecule has 0 spiro atoms. The van der Waals surface area contributed by atoms with Crippen molar-refractivity contribution in [3.63, 3.8) is 0 Å². The standard InChI is InChI=1S/C21H32N2O3/c1-14(2)13-23-15(3)17(16-10-8-7-9-11-16)12-18(19(23)24)22-20(25)26-21(4,5)6/h7-11,14-15,17-18H,12-13H2,1-6H3,(H,22,25)/t15-,17-,18+/m1/s1. The lowest BCUT2D eigenvalue weighted by Crippen LogP contribution is -2.59. The van der Waals surface area contributed by atoms with Gasteiger partial charge in [-0.2, -0.15) is 0 Å². The number of rotatable bonds is 4. The first-order valence-electron chi connectivity index (χ1n) is 9.43. The van der Waals surface area contributed by atoms with E-state index in [1.807, 2.05) is 43.9 Å². The van der Waals surface area contributed by atoms with Crippen LogP contribution in [0.4, 0.5) is 4.79 Å². The zero-order chi connectivity index (χ0) is 19.5. The first kappa shape index (κ1) is 20.3. The number of carbonyl (C=O) groups is 2. The third-order valence-electron chi connectivity index (χ3n) is 4.63. The summed E-state index contributed by atoms with van der Waals surface area (Å²) in [6.07, 6.45) is 0.0411. The monoisotopic (exact) mass is 360 g/mol. The van der Waals surface area contributed by atoms with Gasteiger partial charge in [0.1, 0.15) is 11.6 Å². The van der Waals surface area contributed by atoms with Crippen molar-refractivity contribution in [3.8, 4) is 0 Å². The molecule has 3 atom stereocenters. The molecule has 1 aliphatic heterocycles. The molecule has 5 nitrogen and oxygen atoms in total. The van der Waals surface area contributed by atoms with E-state index in [9.17, 15) is 9.59 Å². The first-order chi connectivity index (χ1) is 12.1. The number of ether oxygens (including phenoxy) is 1. The Morgan fingerprint density at radius 3 is 2.42 bits per heavy atom. The predicted molar refractivity (Wildman–Crippen MR) is 103 cm³/mol. The van der Waals surface area contributed by atoms with Crippen LogP contribution in [-0.4, -0.2) is 41.1 Å². The van der Waals surface area contributed by atoms with Crippen LogP contribution in [0.3, 0.4) is 0 Å². The van der Waals surface area contributed by atoms with Crippen molar-refractivity contribution in [1.29, 1.82) is 0 Å². The highest BCUT2D eigenvalue weighted by Gasteiger charge is 2.41. The minimum absolute atomic E-state index is 0.0239. The van der Waals surface area contributed by atoms with Crippen molar-refractivity contribution in [2.24, 2.45) is 5.92 Å². The summed E-state index contributed by atoms with van der Waals surface area (Å²) in [6, 6.07) is 9.73. The van der Waals surface area contributed by atoms with Gasteiger partial charge in [-0.25, -0.2) is 4.79 Å². The minimum Gasteiger partial charge on any atom is -0.444 e. The summed E-state index contributed by atoms with van der Waals surface area (Å²) in [5.74, 6) is 0.509. The lowest BCUT2D eigenvalue weighted by atomic mass is 9.81. The van der Waals surface area contributed by atoms with Crippen molar-refractivity contribution < 1.29 is 14.3 Å². The largest absolute Gasteiger partial charge is 0.444 e. The lowest BCUT2D eigenvalue weighted by Gasteiger charge is -2.44. The van der Waals surface area contributed by atoms with Gasteiger partial charge < -0.3 is 15.0 Å². The topological polar surface area (TPSA) is 58.6 Å². The van der Waals surface area contributed by atoms with E-state index in [4.69, 9.17) is 4.74 Å². The number of carbonyl (C=O) groups excluding carboxylic acids is 2. The second kappa shape index (κ2) is 8.11.